The fourth-order valence-electron chi connectivity index (χ4n) is 1.95. The Labute approximate surface area is 112 Å². The van der Waals surface area contributed by atoms with Crippen molar-refractivity contribution in [2.45, 2.75) is 20.3 Å². The largest absolute Gasteiger partial charge is 0.294 e. The van der Waals surface area contributed by atoms with Gasteiger partial charge >= 0.3 is 0 Å². The zero-order valence-electron chi connectivity index (χ0n) is 10.5. The second-order valence-electron chi connectivity index (χ2n) is 4.31. The minimum Gasteiger partial charge on any atom is -0.294 e. The predicted molar refractivity (Wildman–Crippen MR) is 76.2 cm³/mol. The summed E-state index contributed by atoms with van der Waals surface area (Å²) in [5, 5.41) is 0.726. The Bertz CT molecular complexity index is 570. The number of hydrogen-bond donors (Lipinski definition) is 0. The average molecular weight is 259 g/mol. The number of aryl methyl sites for hydroxylation is 1. The molecule has 0 radical (unpaired) electrons. The van der Waals surface area contributed by atoms with Gasteiger partial charge in [0, 0.05) is 17.0 Å². The van der Waals surface area contributed by atoms with E-state index in [0.29, 0.717) is 6.42 Å². The quantitative estimate of drug-likeness (QED) is 0.715. The van der Waals surface area contributed by atoms with Gasteiger partial charge in [0.2, 0.25) is 0 Å². The second kappa shape index (κ2) is 5.36. The highest BCUT2D eigenvalue weighted by molar-refractivity contribution is 6.30. The van der Waals surface area contributed by atoms with Crippen LogP contribution in [0.2, 0.25) is 5.02 Å². The molecule has 0 bridgehead atoms. The van der Waals surface area contributed by atoms with E-state index in [4.69, 9.17) is 11.6 Å². The summed E-state index contributed by atoms with van der Waals surface area (Å²) in [7, 11) is 0. The molecule has 0 heterocycles. The highest BCUT2D eigenvalue weighted by Gasteiger charge is 2.05. The third-order valence-corrected chi connectivity index (χ3v) is 3.27. The lowest BCUT2D eigenvalue weighted by Gasteiger charge is -2.07. The van der Waals surface area contributed by atoms with Gasteiger partial charge in [0.05, 0.1) is 0 Å². The summed E-state index contributed by atoms with van der Waals surface area (Å²) < 4.78 is 0. The molecule has 1 nitrogen and oxygen atoms in total. The van der Waals surface area contributed by atoms with Crippen molar-refractivity contribution in [2.24, 2.45) is 0 Å². The first-order valence-electron chi connectivity index (χ1n) is 6.01. The lowest BCUT2D eigenvalue weighted by molar-refractivity contribution is 0.0988. The van der Waals surface area contributed by atoms with Crippen LogP contribution in [0.1, 0.15) is 29.3 Å². The lowest BCUT2D eigenvalue weighted by Crippen LogP contribution is -1.95. The predicted octanol–water partition coefficient (Wildman–Crippen LogP) is 4.91. The fraction of sp³-hybridized carbons (Fsp3) is 0.188. The van der Waals surface area contributed by atoms with E-state index in [1.54, 1.807) is 0 Å². The zero-order chi connectivity index (χ0) is 13.1. The van der Waals surface area contributed by atoms with Gasteiger partial charge in [-0.1, -0.05) is 48.9 Å². The van der Waals surface area contributed by atoms with Crippen molar-refractivity contribution in [1.29, 1.82) is 0 Å². The molecule has 0 aromatic heterocycles. The summed E-state index contributed by atoms with van der Waals surface area (Å²) in [6, 6.07) is 13.5. The normalized spacial score (nSPS) is 10.4. The van der Waals surface area contributed by atoms with Crippen LogP contribution in [0.15, 0.2) is 42.5 Å². The van der Waals surface area contributed by atoms with Gasteiger partial charge in [-0.15, -0.1) is 0 Å². The standard InChI is InChI=1S/C16H15ClO/c1-3-16(18)13-7-5-12(6-8-13)15-10-14(17)9-4-11(15)2/h4-10H,3H2,1-2H3. The molecule has 0 aliphatic heterocycles. The van der Waals surface area contributed by atoms with E-state index < -0.39 is 0 Å². The summed E-state index contributed by atoms with van der Waals surface area (Å²) in [5.74, 6) is 0.171. The van der Waals surface area contributed by atoms with Crippen molar-refractivity contribution in [3.63, 3.8) is 0 Å². The molecule has 2 heteroatoms. The van der Waals surface area contributed by atoms with Crippen molar-refractivity contribution in [3.8, 4) is 11.1 Å². The van der Waals surface area contributed by atoms with Gasteiger partial charge in [0.15, 0.2) is 5.78 Å². The molecule has 0 spiro atoms. The zero-order valence-corrected chi connectivity index (χ0v) is 11.3. The molecule has 92 valence electrons. The number of rotatable bonds is 3. The first-order chi connectivity index (χ1) is 8.61. The number of Topliss-reactive ketones (excluding diaryl/α,β-unsaturated/α-hetero) is 1. The SMILES string of the molecule is CCC(=O)c1ccc(-c2cc(Cl)ccc2C)cc1. The summed E-state index contributed by atoms with van der Waals surface area (Å²) >= 11 is 6.02. The molecule has 0 aliphatic carbocycles. The molecule has 2 rings (SSSR count). The summed E-state index contributed by atoms with van der Waals surface area (Å²) in [6.45, 7) is 3.92. The molecular formula is C16H15ClO. The monoisotopic (exact) mass is 258 g/mol. The van der Waals surface area contributed by atoms with Crippen molar-refractivity contribution in [3.05, 3.63) is 58.6 Å². The molecule has 18 heavy (non-hydrogen) atoms. The number of halogens is 1. The van der Waals surface area contributed by atoms with Crippen LogP contribution in [0.5, 0.6) is 0 Å². The van der Waals surface area contributed by atoms with Gasteiger partial charge in [0.1, 0.15) is 0 Å². The minimum atomic E-state index is 0.171. The van der Waals surface area contributed by atoms with Crippen LogP contribution >= 0.6 is 11.6 Å². The van der Waals surface area contributed by atoms with Crippen molar-refractivity contribution >= 4 is 17.4 Å². The third kappa shape index (κ3) is 2.62. The van der Waals surface area contributed by atoms with E-state index in [2.05, 4.69) is 6.92 Å². The molecule has 2 aromatic carbocycles. The van der Waals surface area contributed by atoms with E-state index in [1.165, 1.54) is 5.56 Å². The molecule has 0 N–H and O–H groups in total. The number of carbonyl (C=O) groups excluding carboxylic acids is 1. The number of ketones is 1. The maximum atomic E-state index is 11.6. The first kappa shape index (κ1) is 12.8. The van der Waals surface area contributed by atoms with Crippen LogP contribution in [-0.2, 0) is 0 Å². The molecule has 0 atom stereocenters. The molecule has 0 saturated heterocycles. The van der Waals surface area contributed by atoms with Crippen LogP contribution in [0, 0.1) is 6.92 Å². The van der Waals surface area contributed by atoms with E-state index in [9.17, 15) is 4.79 Å². The Morgan fingerprint density at radius 1 is 1.11 bits per heavy atom. The maximum absolute atomic E-state index is 11.6. The summed E-state index contributed by atoms with van der Waals surface area (Å²) in [5.41, 5.74) is 4.13. The van der Waals surface area contributed by atoms with Gasteiger partial charge in [-0.2, -0.15) is 0 Å². The topological polar surface area (TPSA) is 17.1 Å². The molecule has 0 aliphatic rings. The van der Waals surface area contributed by atoms with E-state index in [0.717, 1.165) is 21.7 Å². The molecular weight excluding hydrogens is 244 g/mol. The second-order valence-corrected chi connectivity index (χ2v) is 4.75. The van der Waals surface area contributed by atoms with Gasteiger partial charge in [-0.25, -0.2) is 0 Å². The number of benzene rings is 2. The van der Waals surface area contributed by atoms with Crippen molar-refractivity contribution < 1.29 is 4.79 Å². The van der Waals surface area contributed by atoms with Crippen LogP contribution in [0.3, 0.4) is 0 Å². The first-order valence-corrected chi connectivity index (χ1v) is 6.39. The van der Waals surface area contributed by atoms with E-state index in [-0.39, 0.29) is 5.78 Å². The average Bonchev–Trinajstić information content (AvgIpc) is 2.41. The minimum absolute atomic E-state index is 0.171. The van der Waals surface area contributed by atoms with Crippen molar-refractivity contribution in [1.82, 2.24) is 0 Å². The highest BCUT2D eigenvalue weighted by atomic mass is 35.5. The molecule has 0 amide bonds. The van der Waals surface area contributed by atoms with Crippen molar-refractivity contribution in [2.75, 3.05) is 0 Å². The molecule has 0 unspecified atom stereocenters. The Kier molecular flexibility index (Phi) is 3.83. The van der Waals surface area contributed by atoms with Gasteiger partial charge in [-0.3, -0.25) is 4.79 Å². The third-order valence-electron chi connectivity index (χ3n) is 3.04. The molecule has 2 aromatic rings. The van der Waals surface area contributed by atoms with Gasteiger partial charge in [-0.05, 0) is 35.7 Å². The summed E-state index contributed by atoms with van der Waals surface area (Å²) in [6.07, 6.45) is 0.537. The van der Waals surface area contributed by atoms with Gasteiger partial charge in [0.25, 0.3) is 0 Å². The van der Waals surface area contributed by atoms with Crippen LogP contribution in [0.25, 0.3) is 11.1 Å². The van der Waals surface area contributed by atoms with Crippen LogP contribution < -0.4 is 0 Å². The molecule has 0 fully saturated rings. The molecule has 0 saturated carbocycles. The van der Waals surface area contributed by atoms with Gasteiger partial charge < -0.3 is 0 Å². The Hall–Kier alpha value is -1.60. The van der Waals surface area contributed by atoms with E-state index in [1.807, 2.05) is 49.4 Å². The Morgan fingerprint density at radius 3 is 2.39 bits per heavy atom. The highest BCUT2D eigenvalue weighted by Crippen LogP contribution is 2.26. The summed E-state index contributed by atoms with van der Waals surface area (Å²) in [4.78, 5) is 11.6. The maximum Gasteiger partial charge on any atom is 0.162 e. The van der Waals surface area contributed by atoms with Crippen LogP contribution in [0.4, 0.5) is 0 Å². The number of hydrogen-bond acceptors (Lipinski definition) is 1. The lowest BCUT2D eigenvalue weighted by atomic mass is 9.98. The number of carbonyl (C=O) groups is 1. The smallest absolute Gasteiger partial charge is 0.162 e. The fourth-order valence-corrected chi connectivity index (χ4v) is 2.12. The Balaban J connectivity index is 2.40. The van der Waals surface area contributed by atoms with Crippen LogP contribution in [-0.4, -0.2) is 5.78 Å². The Morgan fingerprint density at radius 2 is 1.78 bits per heavy atom. The van der Waals surface area contributed by atoms with E-state index >= 15 is 0 Å².